The molecule has 0 unspecified atom stereocenters. The summed E-state index contributed by atoms with van der Waals surface area (Å²) in [6, 6.07) is 7.37. The summed E-state index contributed by atoms with van der Waals surface area (Å²) >= 11 is 3.42. The van der Waals surface area contributed by atoms with Crippen molar-refractivity contribution in [3.8, 4) is 0 Å². The third-order valence-corrected chi connectivity index (χ3v) is 4.35. The highest BCUT2D eigenvalue weighted by Crippen LogP contribution is 2.25. The van der Waals surface area contributed by atoms with Gasteiger partial charge in [0.05, 0.1) is 18.9 Å². The molecule has 0 bridgehead atoms. The fraction of sp³-hybridized carbons (Fsp3) is 0.500. The highest BCUT2D eigenvalue weighted by molar-refractivity contribution is 9.10. The van der Waals surface area contributed by atoms with E-state index in [1.807, 2.05) is 24.3 Å². The van der Waals surface area contributed by atoms with Gasteiger partial charge in [-0.15, -0.1) is 0 Å². The van der Waals surface area contributed by atoms with Gasteiger partial charge in [-0.25, -0.2) is 0 Å². The molecule has 1 N–H and O–H groups in total. The molecule has 1 heterocycles. The minimum absolute atomic E-state index is 0.0149. The fourth-order valence-corrected chi connectivity index (χ4v) is 2.91. The maximum Gasteiger partial charge on any atom is 0.240 e. The van der Waals surface area contributed by atoms with Gasteiger partial charge in [0.15, 0.2) is 0 Å². The maximum absolute atomic E-state index is 12.1. The molecule has 0 radical (unpaired) electrons. The number of amides is 2. The summed E-state index contributed by atoms with van der Waals surface area (Å²) in [4.78, 5) is 27.7. The number of hydrogen-bond acceptors (Lipinski definition) is 4. The zero-order chi connectivity index (χ0) is 16.7. The number of morpholine rings is 1. The van der Waals surface area contributed by atoms with Crippen LogP contribution < -0.4 is 10.2 Å². The third kappa shape index (κ3) is 5.60. The molecule has 2 amide bonds. The molecule has 0 aliphatic carbocycles. The Morgan fingerprint density at radius 3 is 2.65 bits per heavy atom. The summed E-state index contributed by atoms with van der Waals surface area (Å²) in [5.74, 6) is -0.329. The zero-order valence-electron chi connectivity index (χ0n) is 13.3. The molecule has 2 rings (SSSR count). The molecule has 1 aromatic carbocycles. The minimum atomic E-state index is -0.166. The summed E-state index contributed by atoms with van der Waals surface area (Å²) in [6.45, 7) is 6.12. The first-order chi connectivity index (χ1) is 11.1. The number of rotatable bonds is 6. The molecule has 0 spiro atoms. The molecule has 1 aliphatic heterocycles. The van der Waals surface area contributed by atoms with Crippen molar-refractivity contribution >= 4 is 33.4 Å². The number of carbonyl (C=O) groups excluding carboxylic acids is 2. The summed E-state index contributed by atoms with van der Waals surface area (Å²) in [5.41, 5.74) is 0.698. The Kier molecular flexibility index (Phi) is 7.01. The van der Waals surface area contributed by atoms with Gasteiger partial charge in [0.2, 0.25) is 11.8 Å². The second kappa shape index (κ2) is 9.00. The van der Waals surface area contributed by atoms with Gasteiger partial charge in [-0.2, -0.15) is 0 Å². The highest BCUT2D eigenvalue weighted by atomic mass is 79.9. The Balaban J connectivity index is 1.84. The van der Waals surface area contributed by atoms with Crippen LogP contribution in [-0.2, 0) is 14.3 Å². The number of nitrogens with zero attached hydrogens (tertiary/aromatic N) is 2. The van der Waals surface area contributed by atoms with Crippen LogP contribution in [0.4, 0.5) is 5.69 Å². The monoisotopic (exact) mass is 383 g/mol. The summed E-state index contributed by atoms with van der Waals surface area (Å²) in [5, 5.41) is 2.87. The van der Waals surface area contributed by atoms with Crippen LogP contribution in [0.1, 0.15) is 6.92 Å². The molecule has 0 aromatic heterocycles. The summed E-state index contributed by atoms with van der Waals surface area (Å²) in [7, 11) is 0. The minimum Gasteiger partial charge on any atom is -0.379 e. The van der Waals surface area contributed by atoms with Crippen LogP contribution >= 0.6 is 15.9 Å². The first-order valence-corrected chi connectivity index (χ1v) is 8.46. The molecule has 1 saturated heterocycles. The van der Waals surface area contributed by atoms with Gasteiger partial charge >= 0.3 is 0 Å². The fourth-order valence-electron chi connectivity index (χ4n) is 2.41. The van der Waals surface area contributed by atoms with Gasteiger partial charge in [-0.3, -0.25) is 14.5 Å². The largest absolute Gasteiger partial charge is 0.379 e. The van der Waals surface area contributed by atoms with E-state index < -0.39 is 0 Å². The number of ether oxygens (including phenoxy) is 1. The lowest BCUT2D eigenvalue weighted by atomic mass is 10.3. The number of halogens is 1. The predicted molar refractivity (Wildman–Crippen MR) is 92.4 cm³/mol. The molecule has 1 aliphatic rings. The molecule has 1 aromatic rings. The lowest BCUT2D eigenvalue weighted by Gasteiger charge is -2.27. The van der Waals surface area contributed by atoms with Gasteiger partial charge < -0.3 is 15.0 Å². The molecule has 7 heteroatoms. The van der Waals surface area contributed by atoms with Crippen LogP contribution in [-0.4, -0.2) is 62.7 Å². The SMILES string of the molecule is CC(=O)N(CC(=O)NCCN1CCOCC1)c1ccccc1Br. The van der Waals surface area contributed by atoms with E-state index in [1.165, 1.54) is 11.8 Å². The molecule has 6 nitrogen and oxygen atoms in total. The number of anilines is 1. The van der Waals surface area contributed by atoms with E-state index in [9.17, 15) is 9.59 Å². The molecular formula is C16H22BrN3O3. The van der Waals surface area contributed by atoms with Crippen LogP contribution in [0.2, 0.25) is 0 Å². The normalized spacial score (nSPS) is 15.2. The average molecular weight is 384 g/mol. The van der Waals surface area contributed by atoms with Crippen LogP contribution in [0.5, 0.6) is 0 Å². The van der Waals surface area contributed by atoms with Crippen molar-refractivity contribution in [1.82, 2.24) is 10.2 Å². The third-order valence-electron chi connectivity index (χ3n) is 3.68. The van der Waals surface area contributed by atoms with Crippen molar-refractivity contribution in [2.24, 2.45) is 0 Å². The Morgan fingerprint density at radius 1 is 1.30 bits per heavy atom. The quantitative estimate of drug-likeness (QED) is 0.802. The second-order valence-corrected chi connectivity index (χ2v) is 6.21. The van der Waals surface area contributed by atoms with E-state index in [4.69, 9.17) is 4.74 Å². The standard InChI is InChI=1S/C16H22BrN3O3/c1-13(21)20(15-5-3-2-4-14(15)17)12-16(22)18-6-7-19-8-10-23-11-9-19/h2-5H,6-12H2,1H3,(H,18,22). The zero-order valence-corrected chi connectivity index (χ0v) is 14.8. The molecule has 0 atom stereocenters. The van der Waals surface area contributed by atoms with E-state index in [0.29, 0.717) is 12.2 Å². The highest BCUT2D eigenvalue weighted by Gasteiger charge is 2.18. The van der Waals surface area contributed by atoms with Crippen molar-refractivity contribution < 1.29 is 14.3 Å². The average Bonchev–Trinajstić information content (AvgIpc) is 2.54. The lowest BCUT2D eigenvalue weighted by Crippen LogP contribution is -2.44. The Labute approximate surface area is 144 Å². The topological polar surface area (TPSA) is 61.9 Å². The van der Waals surface area contributed by atoms with Crippen molar-refractivity contribution in [1.29, 1.82) is 0 Å². The van der Waals surface area contributed by atoms with Crippen LogP contribution in [0.15, 0.2) is 28.7 Å². The van der Waals surface area contributed by atoms with Crippen LogP contribution in [0, 0.1) is 0 Å². The molecule has 23 heavy (non-hydrogen) atoms. The number of nitrogens with one attached hydrogen (secondary N) is 1. The Bertz CT molecular complexity index is 547. The van der Waals surface area contributed by atoms with E-state index in [0.717, 1.165) is 37.3 Å². The second-order valence-electron chi connectivity index (χ2n) is 5.36. The van der Waals surface area contributed by atoms with Crippen molar-refractivity contribution in [3.63, 3.8) is 0 Å². The number of hydrogen-bond donors (Lipinski definition) is 1. The maximum atomic E-state index is 12.1. The molecular weight excluding hydrogens is 362 g/mol. The molecule has 0 saturated carbocycles. The lowest BCUT2D eigenvalue weighted by molar-refractivity contribution is -0.123. The Hall–Kier alpha value is -1.44. The number of para-hydroxylation sites is 1. The summed E-state index contributed by atoms with van der Waals surface area (Å²) in [6.07, 6.45) is 0. The van der Waals surface area contributed by atoms with E-state index in [1.54, 1.807) is 0 Å². The van der Waals surface area contributed by atoms with E-state index >= 15 is 0 Å². The van der Waals surface area contributed by atoms with E-state index in [2.05, 4.69) is 26.1 Å². The molecule has 126 valence electrons. The summed E-state index contributed by atoms with van der Waals surface area (Å²) < 4.78 is 6.08. The van der Waals surface area contributed by atoms with Gasteiger partial charge in [0.1, 0.15) is 6.54 Å². The van der Waals surface area contributed by atoms with Crippen LogP contribution in [0.3, 0.4) is 0 Å². The van der Waals surface area contributed by atoms with Crippen molar-refractivity contribution in [3.05, 3.63) is 28.7 Å². The van der Waals surface area contributed by atoms with Gasteiger partial charge in [-0.1, -0.05) is 12.1 Å². The predicted octanol–water partition coefficient (Wildman–Crippen LogP) is 1.25. The van der Waals surface area contributed by atoms with Gasteiger partial charge in [0, 0.05) is 37.6 Å². The number of carbonyl (C=O) groups is 2. The number of benzene rings is 1. The van der Waals surface area contributed by atoms with Gasteiger partial charge in [-0.05, 0) is 28.1 Å². The first-order valence-electron chi connectivity index (χ1n) is 7.67. The Morgan fingerprint density at radius 2 is 2.00 bits per heavy atom. The van der Waals surface area contributed by atoms with Crippen molar-refractivity contribution in [2.45, 2.75) is 6.92 Å². The van der Waals surface area contributed by atoms with Crippen LogP contribution in [0.25, 0.3) is 0 Å². The smallest absolute Gasteiger partial charge is 0.240 e. The first kappa shape index (κ1) is 17.9. The molecule has 1 fully saturated rings. The van der Waals surface area contributed by atoms with Crippen molar-refractivity contribution in [2.75, 3.05) is 50.8 Å². The van der Waals surface area contributed by atoms with Gasteiger partial charge in [0.25, 0.3) is 0 Å². The van der Waals surface area contributed by atoms with E-state index in [-0.39, 0.29) is 18.4 Å².